The fourth-order valence-corrected chi connectivity index (χ4v) is 5.80. The summed E-state index contributed by atoms with van der Waals surface area (Å²) >= 11 is 11.9. The first kappa shape index (κ1) is 41.0. The summed E-state index contributed by atoms with van der Waals surface area (Å²) in [5, 5.41) is 16.5. The zero-order chi connectivity index (χ0) is 39.1. The molecule has 0 bridgehead atoms. The van der Waals surface area contributed by atoms with E-state index in [-0.39, 0.29) is 57.4 Å². The molecule has 2 amide bonds. The van der Waals surface area contributed by atoms with Gasteiger partial charge in [0.2, 0.25) is 17.7 Å². The Hall–Kier alpha value is -5.42. The van der Waals surface area contributed by atoms with Gasteiger partial charge >= 0.3 is 30.2 Å². The highest BCUT2D eigenvalue weighted by Crippen LogP contribution is 2.26. The Balaban J connectivity index is 0.000000280. The minimum Gasteiger partial charge on any atom is -0.481 e. The molecule has 3 N–H and O–H groups in total. The molecule has 4 rings (SSSR count). The lowest BCUT2D eigenvalue weighted by Crippen LogP contribution is -2.36. The highest BCUT2D eigenvalue weighted by Gasteiger charge is 2.29. The van der Waals surface area contributed by atoms with Crippen LogP contribution < -0.4 is 25.2 Å². The van der Waals surface area contributed by atoms with Crippen molar-refractivity contribution in [1.29, 1.82) is 0 Å². The summed E-state index contributed by atoms with van der Waals surface area (Å²) < 4.78 is 82.4. The van der Waals surface area contributed by atoms with Crippen molar-refractivity contribution in [3.05, 3.63) is 62.7 Å². The van der Waals surface area contributed by atoms with Gasteiger partial charge in [-0.1, -0.05) is 11.6 Å². The van der Waals surface area contributed by atoms with Crippen molar-refractivity contribution in [3.63, 3.8) is 0 Å². The van der Waals surface area contributed by atoms with Crippen LogP contribution in [-0.2, 0) is 33.0 Å². The maximum absolute atomic E-state index is 14.2. The quantitative estimate of drug-likeness (QED) is 0.138. The third kappa shape index (κ3) is 9.67. The van der Waals surface area contributed by atoms with Crippen molar-refractivity contribution in [3.8, 4) is 17.4 Å². The van der Waals surface area contributed by atoms with Crippen molar-refractivity contribution in [2.45, 2.75) is 37.2 Å². The van der Waals surface area contributed by atoms with Crippen molar-refractivity contribution in [2.75, 3.05) is 26.1 Å². The molecule has 0 aliphatic heterocycles. The molecule has 1 unspecified atom stereocenters. The molecule has 3 heterocycles. The minimum absolute atomic E-state index is 0.0424. The number of carboxylic acids is 1. The van der Waals surface area contributed by atoms with Gasteiger partial charge in [-0.3, -0.25) is 14.8 Å². The van der Waals surface area contributed by atoms with E-state index in [2.05, 4.69) is 25.5 Å². The minimum atomic E-state index is -4.53. The van der Waals surface area contributed by atoms with E-state index in [1.807, 2.05) is 0 Å². The Morgan fingerprint density at radius 3 is 2.23 bits per heavy atom. The van der Waals surface area contributed by atoms with Crippen LogP contribution in [-0.4, -0.2) is 91.8 Å². The van der Waals surface area contributed by atoms with Crippen molar-refractivity contribution < 1.29 is 55.3 Å². The lowest BCUT2D eigenvalue weighted by molar-refractivity contribution is -0.142. The second-order valence-electron chi connectivity index (χ2n) is 9.84. The second kappa shape index (κ2) is 17.2. The summed E-state index contributed by atoms with van der Waals surface area (Å²) in [6.45, 7) is -0.195. The van der Waals surface area contributed by atoms with Crippen LogP contribution in [0.25, 0.3) is 5.69 Å². The number of esters is 1. The molecule has 0 aliphatic rings. The molecule has 19 nitrogen and oxygen atoms in total. The number of nitrogens with one attached hydrogen (secondary N) is 2. The van der Waals surface area contributed by atoms with Gasteiger partial charge in [0.05, 0.1) is 33.1 Å². The van der Waals surface area contributed by atoms with Crippen LogP contribution in [0.1, 0.15) is 35.2 Å². The maximum atomic E-state index is 14.2. The highest BCUT2D eigenvalue weighted by molar-refractivity contribution is 7.90. The van der Waals surface area contributed by atoms with E-state index in [0.717, 1.165) is 23.0 Å². The van der Waals surface area contributed by atoms with Crippen LogP contribution in [0, 0.1) is 12.7 Å². The number of ether oxygens (including phenoxy) is 3. The maximum Gasteiger partial charge on any atom is 0.355 e. The number of carboxylic acid groups (broad SMARTS) is 1. The molecule has 0 spiro atoms. The summed E-state index contributed by atoms with van der Waals surface area (Å²) in [5.74, 6) is -3.60. The van der Waals surface area contributed by atoms with Gasteiger partial charge in [-0.05, 0) is 31.5 Å². The molecule has 0 fully saturated rings. The molecular weight excluding hydrogens is 770 g/mol. The summed E-state index contributed by atoms with van der Waals surface area (Å²) in [5.41, 5.74) is -1.96. The Kier molecular flexibility index (Phi) is 13.6. The molecular formula is C27H28Cl2F3N9O10S. The van der Waals surface area contributed by atoms with Gasteiger partial charge in [0.1, 0.15) is 22.5 Å². The molecule has 0 saturated carbocycles. The number of hydrogen-bond donors (Lipinski definition) is 3. The molecule has 3 aromatic heterocycles. The number of benzene rings is 1. The van der Waals surface area contributed by atoms with Crippen LogP contribution in [0.2, 0.25) is 5.02 Å². The van der Waals surface area contributed by atoms with Gasteiger partial charge < -0.3 is 19.3 Å². The Bertz CT molecular complexity index is 2120. The third-order valence-electron chi connectivity index (χ3n) is 6.38. The average Bonchev–Trinajstić information content (AvgIpc) is 3.61. The number of carbonyl (C=O) groups excluding carboxylic acids is 2. The number of aryl methyl sites for hydroxylation is 2. The number of sulfonamides is 1. The van der Waals surface area contributed by atoms with Crippen molar-refractivity contribution in [1.82, 2.24) is 38.8 Å². The normalized spacial score (nSPS) is 11.7. The number of nitrogens with zero attached hydrogens (tertiary/aromatic N) is 7. The molecule has 0 saturated heterocycles. The summed E-state index contributed by atoms with van der Waals surface area (Å²) in [7, 11) is -0.667. The van der Waals surface area contributed by atoms with E-state index in [1.165, 1.54) is 34.3 Å². The zero-order valence-corrected chi connectivity index (χ0v) is 29.8. The number of methoxy groups -OCH3 is 2. The number of aromatic nitrogens is 7. The lowest BCUT2D eigenvalue weighted by atomic mass is 10.1. The van der Waals surface area contributed by atoms with Gasteiger partial charge in [0.15, 0.2) is 10.8 Å². The van der Waals surface area contributed by atoms with Gasteiger partial charge in [-0.15, -0.1) is 16.7 Å². The first-order valence-electron chi connectivity index (χ1n) is 14.2. The SMILES string of the molecule is CCOC(=O)C(Cl)Cc1cc(-n2nc(C)n(C(F)F)c2=O)c(F)cc1Cl.COc1cc(OC)nc(NC(=O)NS(=O)(=O)c2c(C(=O)O)cnn2C)n1. The summed E-state index contributed by atoms with van der Waals surface area (Å²) in [6, 6.07) is 2.15. The zero-order valence-electron chi connectivity index (χ0n) is 27.4. The second-order valence-corrected chi connectivity index (χ2v) is 12.4. The molecule has 0 radical (unpaired) electrons. The number of anilines is 1. The van der Waals surface area contributed by atoms with Crippen LogP contribution in [0.5, 0.6) is 11.8 Å². The fourth-order valence-electron chi connectivity index (χ4n) is 4.12. The van der Waals surface area contributed by atoms with E-state index in [0.29, 0.717) is 4.68 Å². The topological polar surface area (TPSA) is 241 Å². The number of aromatic carboxylic acids is 1. The molecule has 282 valence electrons. The van der Waals surface area contributed by atoms with Crippen LogP contribution >= 0.6 is 23.2 Å². The smallest absolute Gasteiger partial charge is 0.355 e. The first-order chi connectivity index (χ1) is 24.3. The Morgan fingerprint density at radius 1 is 1.10 bits per heavy atom. The van der Waals surface area contributed by atoms with E-state index in [4.69, 9.17) is 42.5 Å². The fraction of sp³-hybridized carbons (Fsp3) is 0.333. The summed E-state index contributed by atoms with van der Waals surface area (Å²) in [6.07, 6.45) is 0.737. The molecule has 4 aromatic rings. The lowest BCUT2D eigenvalue weighted by Gasteiger charge is -2.12. The van der Waals surface area contributed by atoms with Crippen molar-refractivity contribution >= 4 is 57.1 Å². The number of rotatable bonds is 12. The molecule has 1 atom stereocenters. The first-order valence-corrected chi connectivity index (χ1v) is 16.5. The molecule has 1 aromatic carbocycles. The number of hydrogen-bond acceptors (Lipinski definition) is 13. The van der Waals surface area contributed by atoms with E-state index >= 15 is 0 Å². The number of urea groups is 1. The van der Waals surface area contributed by atoms with Crippen molar-refractivity contribution in [2.24, 2.45) is 7.05 Å². The van der Waals surface area contributed by atoms with Gasteiger partial charge in [-0.25, -0.2) is 28.1 Å². The van der Waals surface area contributed by atoms with Crippen LogP contribution in [0.15, 0.2) is 34.2 Å². The Morgan fingerprint density at radius 2 is 1.71 bits per heavy atom. The van der Waals surface area contributed by atoms with Crippen LogP contribution in [0.4, 0.5) is 23.9 Å². The molecule has 52 heavy (non-hydrogen) atoms. The monoisotopic (exact) mass is 797 g/mol. The van der Waals surface area contributed by atoms with E-state index in [9.17, 15) is 40.8 Å². The standard InChI is InChI=1S/C15H14Cl2F3N3O3.C12H14N6O7S/c1-3-26-13(24)10(17)4-8-5-12(11(18)6-9(8)16)23-15(25)22(14(19)20)7(2)21-23;1-18-9(6(5-13-18)10(19)20)26(22,23)17-12(21)16-11-14-7(24-2)4-8(15-11)25-3/h5-6,10,14H,3-4H2,1-2H3;4-5H,1-3H3,(H,19,20)(H2,14,15,16,17,21). The largest absolute Gasteiger partial charge is 0.481 e. The number of halogens is 5. The molecule has 25 heteroatoms. The number of carbonyl (C=O) groups is 3. The van der Waals surface area contributed by atoms with Gasteiger partial charge in [-0.2, -0.15) is 36.9 Å². The number of amides is 2. The highest BCUT2D eigenvalue weighted by atomic mass is 35.5. The van der Waals surface area contributed by atoms with Gasteiger partial charge in [0, 0.05) is 18.5 Å². The molecule has 0 aliphatic carbocycles. The average molecular weight is 799 g/mol. The van der Waals surface area contributed by atoms with E-state index < -0.39 is 62.0 Å². The third-order valence-corrected chi connectivity index (χ3v) is 8.51. The van der Waals surface area contributed by atoms with Crippen LogP contribution in [0.3, 0.4) is 0 Å². The summed E-state index contributed by atoms with van der Waals surface area (Å²) in [4.78, 5) is 54.4. The van der Waals surface area contributed by atoms with Gasteiger partial charge in [0.25, 0.3) is 10.0 Å². The predicted molar refractivity (Wildman–Crippen MR) is 173 cm³/mol. The Labute approximate surface area is 301 Å². The number of alkyl halides is 3. The van der Waals surface area contributed by atoms with E-state index in [1.54, 1.807) is 11.6 Å². The predicted octanol–water partition coefficient (Wildman–Crippen LogP) is 2.68.